The van der Waals surface area contributed by atoms with Crippen molar-refractivity contribution in [2.75, 3.05) is 0 Å². The van der Waals surface area contributed by atoms with Crippen molar-refractivity contribution in [3.8, 4) is 0 Å². The summed E-state index contributed by atoms with van der Waals surface area (Å²) in [6, 6.07) is 0. The summed E-state index contributed by atoms with van der Waals surface area (Å²) in [5, 5.41) is -0.324. The van der Waals surface area contributed by atoms with Gasteiger partial charge in [-0.1, -0.05) is 0 Å². The molecule has 0 radical (unpaired) electrons. The highest BCUT2D eigenvalue weighted by atomic mass is 35.5. The van der Waals surface area contributed by atoms with E-state index < -0.39 is 10.1 Å². The molecule has 1 aromatic heterocycles. The summed E-state index contributed by atoms with van der Waals surface area (Å²) in [7, 11) is -2.50. The van der Waals surface area contributed by atoms with Crippen LogP contribution in [0.5, 0.6) is 0 Å². The van der Waals surface area contributed by atoms with Crippen molar-refractivity contribution in [2.45, 2.75) is 5.03 Å². The van der Waals surface area contributed by atoms with Gasteiger partial charge in [-0.25, -0.2) is 4.98 Å². The van der Waals surface area contributed by atoms with Crippen molar-refractivity contribution < 1.29 is 13.0 Å². The summed E-state index contributed by atoms with van der Waals surface area (Å²) in [6.07, 6.45) is 2.51. The molecule has 0 aliphatic carbocycles. The third kappa shape index (κ3) is 2.49. The monoisotopic (exact) mass is 198 g/mol. The number of aryl methyl sites for hydroxylation is 1. The summed E-state index contributed by atoms with van der Waals surface area (Å²) in [5.74, 6) is 0. The van der Waals surface area contributed by atoms with Crippen LogP contribution in [0, 0.1) is 0 Å². The first-order valence-corrected chi connectivity index (χ1v) is 3.89. The molecular weight excluding hydrogens is 192 g/mol. The lowest BCUT2D eigenvalue weighted by atomic mass is 10.9. The molecule has 64 valence electrons. The van der Waals surface area contributed by atoms with Gasteiger partial charge in [0.2, 0.25) is 0 Å². The lowest BCUT2D eigenvalue weighted by Crippen LogP contribution is -1.97. The first-order chi connectivity index (χ1) is 4.50. The largest absolute Gasteiger partial charge is 0.339 e. The minimum Gasteiger partial charge on any atom is -0.339 e. The average Bonchev–Trinajstić information content (AvgIpc) is 2.11. The number of imidazole rings is 1. The van der Waals surface area contributed by atoms with Crippen LogP contribution in [0.15, 0.2) is 17.6 Å². The Kier molecular flexibility index (Phi) is 3.03. The van der Waals surface area contributed by atoms with Crippen LogP contribution < -0.4 is 0 Å². The van der Waals surface area contributed by atoms with E-state index in [-0.39, 0.29) is 17.4 Å². The van der Waals surface area contributed by atoms with Crippen LogP contribution in [0.25, 0.3) is 0 Å². The van der Waals surface area contributed by atoms with E-state index in [1.807, 2.05) is 0 Å². The topological polar surface area (TPSA) is 72.2 Å². The highest BCUT2D eigenvalue weighted by Crippen LogP contribution is 2.01. The van der Waals surface area contributed by atoms with Crippen molar-refractivity contribution in [3.63, 3.8) is 0 Å². The van der Waals surface area contributed by atoms with Gasteiger partial charge in [0.05, 0.1) is 6.33 Å². The molecule has 1 rings (SSSR count). The minimum absolute atomic E-state index is 0. The summed E-state index contributed by atoms with van der Waals surface area (Å²) in [4.78, 5) is 3.41. The van der Waals surface area contributed by atoms with E-state index in [1.54, 1.807) is 7.05 Å². The summed E-state index contributed by atoms with van der Waals surface area (Å²) in [5.41, 5.74) is 0. The molecular formula is C4H7ClN2O3S. The fourth-order valence-electron chi connectivity index (χ4n) is 0.522. The van der Waals surface area contributed by atoms with Crippen molar-refractivity contribution in [1.29, 1.82) is 0 Å². The molecule has 0 aromatic carbocycles. The molecule has 1 N–H and O–H groups in total. The summed E-state index contributed by atoms with van der Waals surface area (Å²) in [6.45, 7) is 0. The Morgan fingerprint density at radius 1 is 1.64 bits per heavy atom. The predicted octanol–water partition coefficient (Wildman–Crippen LogP) is 0.0886. The first-order valence-electron chi connectivity index (χ1n) is 2.45. The van der Waals surface area contributed by atoms with Crippen LogP contribution in [0.2, 0.25) is 0 Å². The zero-order chi connectivity index (χ0) is 7.78. The average molecular weight is 199 g/mol. The fraction of sp³-hybridized carbons (Fsp3) is 0.250. The molecule has 11 heavy (non-hydrogen) atoms. The second kappa shape index (κ2) is 3.21. The molecule has 0 saturated heterocycles. The highest BCUT2D eigenvalue weighted by Gasteiger charge is 2.11. The van der Waals surface area contributed by atoms with E-state index in [1.165, 1.54) is 17.1 Å². The molecule has 0 aliphatic heterocycles. The van der Waals surface area contributed by atoms with Gasteiger partial charge in [-0.2, -0.15) is 8.42 Å². The molecule has 0 atom stereocenters. The van der Waals surface area contributed by atoms with Gasteiger partial charge in [0, 0.05) is 13.2 Å². The van der Waals surface area contributed by atoms with Crippen molar-refractivity contribution >= 4 is 22.5 Å². The van der Waals surface area contributed by atoms with Gasteiger partial charge >= 0.3 is 10.1 Å². The molecule has 7 heteroatoms. The zero-order valence-corrected chi connectivity index (χ0v) is 7.26. The van der Waals surface area contributed by atoms with Crippen LogP contribution in [-0.4, -0.2) is 22.5 Å². The van der Waals surface area contributed by atoms with E-state index in [9.17, 15) is 8.42 Å². The van der Waals surface area contributed by atoms with Crippen molar-refractivity contribution in [1.82, 2.24) is 9.55 Å². The van der Waals surface area contributed by atoms with Crippen molar-refractivity contribution in [3.05, 3.63) is 12.5 Å². The Labute approximate surface area is 70.2 Å². The quantitative estimate of drug-likeness (QED) is 0.650. The van der Waals surface area contributed by atoms with Gasteiger partial charge in [-0.05, 0) is 0 Å². The molecule has 0 aliphatic rings. The molecule has 0 spiro atoms. The SMILES string of the molecule is Cl.Cn1cnc(S(=O)(=O)O)c1. The summed E-state index contributed by atoms with van der Waals surface area (Å²) < 4.78 is 30.5. The van der Waals surface area contributed by atoms with Crippen molar-refractivity contribution in [2.24, 2.45) is 7.05 Å². The highest BCUT2D eigenvalue weighted by molar-refractivity contribution is 7.85. The third-order valence-electron chi connectivity index (χ3n) is 0.945. The molecule has 5 nitrogen and oxygen atoms in total. The molecule has 0 amide bonds. The van der Waals surface area contributed by atoms with Crippen LogP contribution in [0.4, 0.5) is 0 Å². The van der Waals surface area contributed by atoms with Gasteiger partial charge in [-0.3, -0.25) is 4.55 Å². The Morgan fingerprint density at radius 2 is 2.18 bits per heavy atom. The zero-order valence-electron chi connectivity index (χ0n) is 5.63. The van der Waals surface area contributed by atoms with E-state index >= 15 is 0 Å². The first kappa shape index (κ1) is 10.4. The second-order valence-corrected chi connectivity index (χ2v) is 3.22. The van der Waals surface area contributed by atoms with Gasteiger partial charge in [0.25, 0.3) is 0 Å². The molecule has 0 unspecified atom stereocenters. The van der Waals surface area contributed by atoms with Gasteiger partial charge in [-0.15, -0.1) is 12.4 Å². The Morgan fingerprint density at radius 3 is 2.36 bits per heavy atom. The maximum Gasteiger partial charge on any atom is 0.313 e. The normalized spacial score (nSPS) is 10.7. The standard InChI is InChI=1S/C4H6N2O3S.ClH/c1-6-2-4(5-3-6)10(7,8)9;/h2-3H,1H3,(H,7,8,9);1H. The predicted molar refractivity (Wildman–Crippen MR) is 40.3 cm³/mol. The molecule has 1 heterocycles. The minimum atomic E-state index is -4.11. The number of nitrogens with zero attached hydrogens (tertiary/aromatic N) is 2. The van der Waals surface area contributed by atoms with Crippen LogP contribution in [-0.2, 0) is 17.2 Å². The molecule has 1 aromatic rings. The number of halogens is 1. The van der Waals surface area contributed by atoms with E-state index in [0.717, 1.165) is 0 Å². The number of hydrogen-bond acceptors (Lipinski definition) is 3. The second-order valence-electron chi connectivity index (χ2n) is 1.85. The van der Waals surface area contributed by atoms with Crippen LogP contribution >= 0.6 is 12.4 Å². The Balaban J connectivity index is 0.000001000. The molecule has 0 fully saturated rings. The van der Waals surface area contributed by atoms with Gasteiger partial charge < -0.3 is 4.57 Å². The van der Waals surface area contributed by atoms with E-state index in [0.29, 0.717) is 0 Å². The Hall–Kier alpha value is -0.590. The third-order valence-corrected chi connectivity index (χ3v) is 1.68. The Bertz CT molecular complexity index is 331. The van der Waals surface area contributed by atoms with Gasteiger partial charge in [0.1, 0.15) is 0 Å². The number of hydrogen-bond donors (Lipinski definition) is 1. The maximum absolute atomic E-state index is 10.3. The van der Waals surface area contributed by atoms with Crippen LogP contribution in [0.3, 0.4) is 0 Å². The molecule has 0 bridgehead atoms. The maximum atomic E-state index is 10.3. The number of aromatic nitrogens is 2. The number of rotatable bonds is 1. The molecule has 0 saturated carbocycles. The van der Waals surface area contributed by atoms with Crippen LogP contribution in [0.1, 0.15) is 0 Å². The lowest BCUT2D eigenvalue weighted by Gasteiger charge is -1.85. The van der Waals surface area contributed by atoms with E-state index in [4.69, 9.17) is 4.55 Å². The lowest BCUT2D eigenvalue weighted by molar-refractivity contribution is 0.479. The van der Waals surface area contributed by atoms with E-state index in [2.05, 4.69) is 4.98 Å². The summed E-state index contributed by atoms with van der Waals surface area (Å²) >= 11 is 0. The fourth-order valence-corrected chi connectivity index (χ4v) is 1.00. The smallest absolute Gasteiger partial charge is 0.313 e. The van der Waals surface area contributed by atoms with Gasteiger partial charge in [0.15, 0.2) is 5.03 Å².